The predicted molar refractivity (Wildman–Crippen MR) is 77.3 cm³/mol. The number of hydrogen-bond donors (Lipinski definition) is 2. The number of nitrogens with two attached hydrogens (primary N) is 1. The lowest BCUT2D eigenvalue weighted by Crippen LogP contribution is -2.27. The number of aryl methyl sites for hydroxylation is 1. The van der Waals surface area contributed by atoms with Gasteiger partial charge in [-0.3, -0.25) is 4.79 Å². The number of nitrogens with zero attached hydrogens (tertiary/aromatic N) is 2. The molecule has 0 spiro atoms. The molecule has 0 bridgehead atoms. The number of carbonyl (C=O) groups is 1. The van der Waals surface area contributed by atoms with Crippen LogP contribution in [0.1, 0.15) is 28.8 Å². The summed E-state index contributed by atoms with van der Waals surface area (Å²) in [7, 11) is 0. The highest BCUT2D eigenvalue weighted by Gasteiger charge is 2.12. The summed E-state index contributed by atoms with van der Waals surface area (Å²) < 4.78 is 1.90. The highest BCUT2D eigenvalue weighted by atomic mass is 32.1. The number of amides is 1. The number of thiazole rings is 1. The summed E-state index contributed by atoms with van der Waals surface area (Å²) in [5.41, 5.74) is 6.99. The van der Waals surface area contributed by atoms with Crippen LogP contribution in [0.4, 0.5) is 5.69 Å². The van der Waals surface area contributed by atoms with E-state index in [2.05, 4.69) is 17.2 Å². The largest absolute Gasteiger partial charge is 0.397 e. The Labute approximate surface area is 116 Å². The molecule has 0 radical (unpaired) electrons. The maximum Gasteiger partial charge on any atom is 0.267 e. The van der Waals surface area contributed by atoms with Crippen LogP contribution in [0.2, 0.25) is 0 Å². The van der Waals surface area contributed by atoms with Crippen molar-refractivity contribution in [3.8, 4) is 0 Å². The number of hydrogen-bond acceptors (Lipinski definition) is 4. The topological polar surface area (TPSA) is 72.9 Å². The van der Waals surface area contributed by atoms with E-state index in [1.165, 1.54) is 0 Å². The number of carbonyl (C=O) groups excluding carboxylic acids is 1. The Hall–Kier alpha value is -1.82. The zero-order valence-corrected chi connectivity index (χ0v) is 11.7. The lowest BCUT2D eigenvalue weighted by atomic mass is 10.3. The molecule has 0 aliphatic heterocycles. The van der Waals surface area contributed by atoms with Gasteiger partial charge in [-0.25, -0.2) is 4.98 Å². The van der Waals surface area contributed by atoms with E-state index in [1.54, 1.807) is 29.8 Å². The van der Waals surface area contributed by atoms with Crippen LogP contribution in [0.5, 0.6) is 0 Å². The van der Waals surface area contributed by atoms with Crippen molar-refractivity contribution in [3.05, 3.63) is 34.5 Å². The highest BCUT2D eigenvalue weighted by Crippen LogP contribution is 2.11. The van der Waals surface area contributed by atoms with Gasteiger partial charge in [0.05, 0.1) is 10.7 Å². The molecule has 3 N–H and O–H groups in total. The van der Waals surface area contributed by atoms with Crippen molar-refractivity contribution in [3.63, 3.8) is 0 Å². The first-order valence-electron chi connectivity index (χ1n) is 6.33. The van der Waals surface area contributed by atoms with Crippen molar-refractivity contribution in [1.82, 2.24) is 14.9 Å². The van der Waals surface area contributed by atoms with Gasteiger partial charge in [0, 0.05) is 37.3 Å². The van der Waals surface area contributed by atoms with E-state index >= 15 is 0 Å². The normalized spacial score (nSPS) is 10.6. The SMILES string of the molecule is CCCn1cc(N)cc1C(=O)NCCc1nccs1. The van der Waals surface area contributed by atoms with Gasteiger partial charge in [0.15, 0.2) is 0 Å². The fourth-order valence-electron chi connectivity index (χ4n) is 1.90. The van der Waals surface area contributed by atoms with Gasteiger partial charge in [0.2, 0.25) is 0 Å². The quantitative estimate of drug-likeness (QED) is 0.847. The number of rotatable bonds is 6. The smallest absolute Gasteiger partial charge is 0.267 e. The van der Waals surface area contributed by atoms with Crippen molar-refractivity contribution in [2.75, 3.05) is 12.3 Å². The maximum absolute atomic E-state index is 12.1. The molecule has 0 unspecified atom stereocenters. The first-order chi connectivity index (χ1) is 9.20. The summed E-state index contributed by atoms with van der Waals surface area (Å²) in [4.78, 5) is 16.3. The molecule has 0 saturated carbocycles. The molecule has 2 rings (SSSR count). The van der Waals surface area contributed by atoms with Crippen molar-refractivity contribution >= 4 is 22.9 Å². The minimum atomic E-state index is -0.0818. The Balaban J connectivity index is 1.92. The number of aromatic nitrogens is 2. The average Bonchev–Trinajstić information content (AvgIpc) is 2.99. The third-order valence-corrected chi connectivity index (χ3v) is 3.56. The van der Waals surface area contributed by atoms with Gasteiger partial charge in [0.25, 0.3) is 5.91 Å². The minimum Gasteiger partial charge on any atom is -0.397 e. The second kappa shape index (κ2) is 6.38. The van der Waals surface area contributed by atoms with Crippen LogP contribution in [0.15, 0.2) is 23.8 Å². The van der Waals surface area contributed by atoms with Crippen LogP contribution >= 0.6 is 11.3 Å². The molecule has 6 heteroatoms. The Morgan fingerprint density at radius 3 is 3.11 bits per heavy atom. The van der Waals surface area contributed by atoms with Crippen LogP contribution in [0.3, 0.4) is 0 Å². The molecule has 0 atom stereocenters. The van der Waals surface area contributed by atoms with E-state index in [1.807, 2.05) is 9.95 Å². The summed E-state index contributed by atoms with van der Waals surface area (Å²) in [6.45, 7) is 3.45. The van der Waals surface area contributed by atoms with Crippen molar-refractivity contribution < 1.29 is 4.79 Å². The van der Waals surface area contributed by atoms with Gasteiger partial charge >= 0.3 is 0 Å². The summed E-state index contributed by atoms with van der Waals surface area (Å²) >= 11 is 1.60. The molecule has 2 aromatic heterocycles. The van der Waals surface area contributed by atoms with Gasteiger partial charge in [-0.15, -0.1) is 11.3 Å². The molecular weight excluding hydrogens is 260 g/mol. The highest BCUT2D eigenvalue weighted by molar-refractivity contribution is 7.09. The second-order valence-corrected chi connectivity index (χ2v) is 5.26. The third-order valence-electron chi connectivity index (χ3n) is 2.72. The number of nitrogen functional groups attached to an aromatic ring is 1. The Morgan fingerprint density at radius 1 is 1.58 bits per heavy atom. The molecule has 0 saturated heterocycles. The van der Waals surface area contributed by atoms with Gasteiger partial charge in [-0.1, -0.05) is 6.92 Å². The standard InChI is InChI=1S/C13H18N4OS/c1-2-6-17-9-10(14)8-11(17)13(18)16-4-3-12-15-5-7-19-12/h5,7-9H,2-4,6,14H2,1H3,(H,16,18). The van der Waals surface area contributed by atoms with E-state index in [0.717, 1.165) is 24.4 Å². The van der Waals surface area contributed by atoms with E-state index in [0.29, 0.717) is 17.9 Å². The minimum absolute atomic E-state index is 0.0818. The fourth-order valence-corrected chi connectivity index (χ4v) is 2.52. The Bertz CT molecular complexity index is 533. The monoisotopic (exact) mass is 278 g/mol. The van der Waals surface area contributed by atoms with Crippen LogP contribution in [0, 0.1) is 0 Å². The van der Waals surface area contributed by atoms with Crippen molar-refractivity contribution in [2.24, 2.45) is 0 Å². The van der Waals surface area contributed by atoms with Crippen molar-refractivity contribution in [2.45, 2.75) is 26.3 Å². The summed E-state index contributed by atoms with van der Waals surface area (Å²) in [5.74, 6) is -0.0818. The molecular formula is C13H18N4OS. The Morgan fingerprint density at radius 2 is 2.42 bits per heavy atom. The zero-order valence-electron chi connectivity index (χ0n) is 10.9. The molecule has 0 aliphatic carbocycles. The predicted octanol–water partition coefficient (Wildman–Crippen LogP) is 1.91. The number of nitrogens with one attached hydrogen (secondary N) is 1. The van der Waals surface area contributed by atoms with Gasteiger partial charge in [-0.2, -0.15) is 0 Å². The lowest BCUT2D eigenvalue weighted by molar-refractivity contribution is 0.0944. The van der Waals surface area contributed by atoms with Gasteiger partial charge in [-0.05, 0) is 12.5 Å². The van der Waals surface area contributed by atoms with E-state index in [-0.39, 0.29) is 5.91 Å². The molecule has 102 valence electrons. The first-order valence-corrected chi connectivity index (χ1v) is 7.21. The third kappa shape index (κ3) is 3.57. The van der Waals surface area contributed by atoms with Crippen LogP contribution in [-0.4, -0.2) is 22.0 Å². The molecule has 0 fully saturated rings. The van der Waals surface area contributed by atoms with Crippen molar-refractivity contribution in [1.29, 1.82) is 0 Å². The molecule has 0 aliphatic rings. The second-order valence-electron chi connectivity index (χ2n) is 4.28. The maximum atomic E-state index is 12.1. The average molecular weight is 278 g/mol. The van der Waals surface area contributed by atoms with Gasteiger partial charge < -0.3 is 15.6 Å². The van der Waals surface area contributed by atoms with E-state index in [9.17, 15) is 4.79 Å². The van der Waals surface area contributed by atoms with Crippen LogP contribution in [-0.2, 0) is 13.0 Å². The molecule has 0 aromatic carbocycles. The zero-order chi connectivity index (χ0) is 13.7. The fraction of sp³-hybridized carbons (Fsp3) is 0.385. The summed E-state index contributed by atoms with van der Waals surface area (Å²) in [6.07, 6.45) is 5.30. The van der Waals surface area contributed by atoms with E-state index in [4.69, 9.17) is 5.73 Å². The lowest BCUT2D eigenvalue weighted by Gasteiger charge is -2.07. The first kappa shape index (κ1) is 13.6. The molecule has 5 nitrogen and oxygen atoms in total. The summed E-state index contributed by atoms with van der Waals surface area (Å²) in [6, 6.07) is 1.72. The van der Waals surface area contributed by atoms with Crippen LogP contribution in [0.25, 0.3) is 0 Å². The Kier molecular flexibility index (Phi) is 4.57. The number of anilines is 1. The molecule has 2 aromatic rings. The van der Waals surface area contributed by atoms with E-state index < -0.39 is 0 Å². The molecule has 2 heterocycles. The molecule has 19 heavy (non-hydrogen) atoms. The van der Waals surface area contributed by atoms with Crippen LogP contribution < -0.4 is 11.1 Å². The summed E-state index contributed by atoms with van der Waals surface area (Å²) in [5, 5.41) is 5.87. The van der Waals surface area contributed by atoms with Gasteiger partial charge in [0.1, 0.15) is 5.69 Å². The molecule has 1 amide bonds.